The highest BCUT2D eigenvalue weighted by atomic mass is 14.8. The predicted octanol–water partition coefficient (Wildman–Crippen LogP) is -0.169. The van der Waals surface area contributed by atoms with Crippen LogP contribution in [-0.4, -0.2) is 9.97 Å². The van der Waals surface area contributed by atoms with E-state index in [1.807, 2.05) is 6.20 Å². The Morgan fingerprint density at radius 1 is 1.20 bits per heavy atom. The molecule has 0 fully saturated rings. The molecule has 0 bridgehead atoms. The second-order valence-corrected chi connectivity index (χ2v) is 2.35. The lowest BCUT2D eigenvalue weighted by molar-refractivity contribution is 1.03. The van der Waals surface area contributed by atoms with Crippen LogP contribution in [0.4, 0.5) is 0 Å². The summed E-state index contributed by atoms with van der Waals surface area (Å²) in [6.45, 7) is 0. The molecule has 0 N–H and O–H groups in total. The largest absolute Gasteiger partial charge is 0.244 e. The summed E-state index contributed by atoms with van der Waals surface area (Å²) < 4.78 is 0. The molecule has 0 radical (unpaired) electrons. The molecule has 2 rings (SSSR count). The summed E-state index contributed by atoms with van der Waals surface area (Å²) in [5.74, 6) is 0. The van der Waals surface area contributed by atoms with Crippen LogP contribution in [0, 0.1) is 0 Å². The summed E-state index contributed by atoms with van der Waals surface area (Å²) in [6, 6.07) is 0. The smallest absolute Gasteiger partial charge is 0.116 e. The lowest BCUT2D eigenvalue weighted by Crippen LogP contribution is -2.29. The second kappa shape index (κ2) is 2.21. The SMILES string of the molecule is C1=c2cncnc2=CCC1. The number of rotatable bonds is 0. The van der Waals surface area contributed by atoms with E-state index in [1.165, 1.54) is 5.22 Å². The standard InChI is InChI=1S/C8H8N2/c1-2-4-8-7(3-1)5-9-6-10-8/h3-6H,1-2H2. The van der Waals surface area contributed by atoms with Gasteiger partial charge in [-0.25, -0.2) is 9.97 Å². The molecule has 0 saturated heterocycles. The van der Waals surface area contributed by atoms with Gasteiger partial charge < -0.3 is 0 Å². The van der Waals surface area contributed by atoms with Crippen molar-refractivity contribution >= 4 is 12.2 Å². The highest BCUT2D eigenvalue weighted by molar-refractivity contribution is 5.33. The summed E-state index contributed by atoms with van der Waals surface area (Å²) in [5.41, 5.74) is 0. The van der Waals surface area contributed by atoms with E-state index in [-0.39, 0.29) is 0 Å². The first-order valence-electron chi connectivity index (χ1n) is 3.43. The highest BCUT2D eigenvalue weighted by Gasteiger charge is 1.90. The molecule has 50 valence electrons. The Morgan fingerprint density at radius 2 is 2.10 bits per heavy atom. The van der Waals surface area contributed by atoms with E-state index in [9.17, 15) is 0 Å². The first-order valence-corrected chi connectivity index (χ1v) is 3.43. The molecule has 1 aliphatic rings. The first kappa shape index (κ1) is 5.59. The molecule has 10 heavy (non-hydrogen) atoms. The van der Waals surface area contributed by atoms with Crippen LogP contribution in [0.1, 0.15) is 12.8 Å². The Labute approximate surface area is 58.9 Å². The van der Waals surface area contributed by atoms with Gasteiger partial charge in [-0.3, -0.25) is 0 Å². The summed E-state index contributed by atoms with van der Waals surface area (Å²) >= 11 is 0. The summed E-state index contributed by atoms with van der Waals surface area (Å²) in [6.07, 6.45) is 10.0. The van der Waals surface area contributed by atoms with Crippen LogP contribution in [0.3, 0.4) is 0 Å². The minimum atomic E-state index is 1.08. The minimum Gasteiger partial charge on any atom is -0.244 e. The van der Waals surface area contributed by atoms with E-state index in [0.717, 1.165) is 18.2 Å². The van der Waals surface area contributed by atoms with Crippen molar-refractivity contribution in [1.82, 2.24) is 9.97 Å². The maximum Gasteiger partial charge on any atom is 0.116 e. The average Bonchev–Trinajstić information content (AvgIpc) is 2.05. The Bertz CT molecular complexity index is 306. The molecule has 1 heterocycles. The zero-order chi connectivity index (χ0) is 6.81. The fourth-order valence-corrected chi connectivity index (χ4v) is 1.14. The number of hydrogen-bond donors (Lipinski definition) is 0. The summed E-state index contributed by atoms with van der Waals surface area (Å²) in [5, 5.41) is 2.26. The van der Waals surface area contributed by atoms with Crippen molar-refractivity contribution in [3.05, 3.63) is 23.1 Å². The van der Waals surface area contributed by atoms with Crippen LogP contribution in [0.2, 0.25) is 0 Å². The van der Waals surface area contributed by atoms with E-state index >= 15 is 0 Å². The first-order chi connectivity index (χ1) is 4.97. The number of hydrogen-bond acceptors (Lipinski definition) is 2. The molecule has 0 unspecified atom stereocenters. The van der Waals surface area contributed by atoms with Crippen LogP contribution in [0.25, 0.3) is 12.2 Å². The fraction of sp³-hybridized carbons (Fsp3) is 0.250. The van der Waals surface area contributed by atoms with Crippen molar-refractivity contribution in [3.8, 4) is 0 Å². The lowest BCUT2D eigenvalue weighted by Gasteiger charge is -1.95. The second-order valence-electron chi connectivity index (χ2n) is 2.35. The molecule has 0 spiro atoms. The van der Waals surface area contributed by atoms with Gasteiger partial charge in [-0.1, -0.05) is 12.2 Å². The van der Waals surface area contributed by atoms with E-state index in [1.54, 1.807) is 6.33 Å². The van der Waals surface area contributed by atoms with Crippen LogP contribution >= 0.6 is 0 Å². The quantitative estimate of drug-likeness (QED) is 0.490. The van der Waals surface area contributed by atoms with Gasteiger partial charge in [0.05, 0.1) is 5.35 Å². The van der Waals surface area contributed by atoms with Gasteiger partial charge in [-0.2, -0.15) is 0 Å². The van der Waals surface area contributed by atoms with Crippen molar-refractivity contribution in [1.29, 1.82) is 0 Å². The molecule has 1 aromatic rings. The van der Waals surface area contributed by atoms with Gasteiger partial charge in [0.2, 0.25) is 0 Å². The Kier molecular flexibility index (Phi) is 1.24. The molecule has 0 aromatic carbocycles. The van der Waals surface area contributed by atoms with Gasteiger partial charge in [-0.05, 0) is 12.8 Å². The molecule has 2 heteroatoms. The Morgan fingerprint density at radius 3 is 3.00 bits per heavy atom. The van der Waals surface area contributed by atoms with Gasteiger partial charge in [0.15, 0.2) is 0 Å². The van der Waals surface area contributed by atoms with Crippen molar-refractivity contribution in [2.45, 2.75) is 12.8 Å². The van der Waals surface area contributed by atoms with Gasteiger partial charge in [0, 0.05) is 11.4 Å². The minimum absolute atomic E-state index is 1.08. The molecular weight excluding hydrogens is 124 g/mol. The predicted molar refractivity (Wildman–Crippen MR) is 39.4 cm³/mol. The third-order valence-electron chi connectivity index (χ3n) is 1.64. The summed E-state index contributed by atoms with van der Waals surface area (Å²) in [7, 11) is 0. The normalized spacial score (nSPS) is 14.8. The Balaban J connectivity index is 2.84. The van der Waals surface area contributed by atoms with Crippen LogP contribution in [0.15, 0.2) is 12.5 Å². The molecule has 0 saturated carbocycles. The molecule has 1 aromatic heterocycles. The van der Waals surface area contributed by atoms with Crippen molar-refractivity contribution in [3.63, 3.8) is 0 Å². The van der Waals surface area contributed by atoms with Gasteiger partial charge in [0.25, 0.3) is 0 Å². The van der Waals surface area contributed by atoms with Gasteiger partial charge in [-0.15, -0.1) is 0 Å². The van der Waals surface area contributed by atoms with Crippen molar-refractivity contribution in [2.24, 2.45) is 0 Å². The molecule has 0 aliphatic heterocycles. The topological polar surface area (TPSA) is 25.8 Å². The molecule has 0 amide bonds. The third kappa shape index (κ3) is 0.817. The third-order valence-corrected chi connectivity index (χ3v) is 1.64. The zero-order valence-electron chi connectivity index (χ0n) is 5.62. The number of fused-ring (bicyclic) bond motifs is 1. The monoisotopic (exact) mass is 132 g/mol. The molecule has 1 aliphatic carbocycles. The van der Waals surface area contributed by atoms with Gasteiger partial charge >= 0.3 is 0 Å². The van der Waals surface area contributed by atoms with Crippen LogP contribution in [-0.2, 0) is 0 Å². The average molecular weight is 132 g/mol. The van der Waals surface area contributed by atoms with Crippen molar-refractivity contribution in [2.75, 3.05) is 0 Å². The van der Waals surface area contributed by atoms with E-state index in [2.05, 4.69) is 22.1 Å². The van der Waals surface area contributed by atoms with E-state index < -0.39 is 0 Å². The molecule has 0 atom stereocenters. The maximum atomic E-state index is 4.12. The molecule has 2 nitrogen and oxygen atoms in total. The fourth-order valence-electron chi connectivity index (χ4n) is 1.14. The lowest BCUT2D eigenvalue weighted by atomic mass is 10.2. The zero-order valence-corrected chi connectivity index (χ0v) is 5.62. The Hall–Kier alpha value is -1.18. The number of nitrogens with zero attached hydrogens (tertiary/aromatic N) is 2. The highest BCUT2D eigenvalue weighted by Crippen LogP contribution is 1.92. The summed E-state index contributed by atoms with van der Waals surface area (Å²) in [4.78, 5) is 8.06. The number of aromatic nitrogens is 2. The molecular formula is C8H8N2. The van der Waals surface area contributed by atoms with Crippen LogP contribution in [0.5, 0.6) is 0 Å². The van der Waals surface area contributed by atoms with E-state index in [0.29, 0.717) is 0 Å². The van der Waals surface area contributed by atoms with Gasteiger partial charge in [0.1, 0.15) is 6.33 Å². The van der Waals surface area contributed by atoms with E-state index in [4.69, 9.17) is 0 Å². The van der Waals surface area contributed by atoms with Crippen LogP contribution < -0.4 is 10.6 Å². The maximum absolute atomic E-state index is 4.12. The van der Waals surface area contributed by atoms with Crippen molar-refractivity contribution < 1.29 is 0 Å².